The molecule has 0 aliphatic heterocycles. The van der Waals surface area contributed by atoms with Gasteiger partial charge in [0.2, 0.25) is 0 Å². The molecule has 0 aliphatic carbocycles. The maximum atomic E-state index is 4.52. The summed E-state index contributed by atoms with van der Waals surface area (Å²) in [7, 11) is 0. The van der Waals surface area contributed by atoms with Crippen molar-refractivity contribution in [2.45, 2.75) is 33.2 Å². The average molecular weight is 229 g/mol. The van der Waals surface area contributed by atoms with E-state index in [1.807, 2.05) is 29.8 Å². The molecule has 0 saturated carbocycles. The van der Waals surface area contributed by atoms with E-state index >= 15 is 0 Å². The Morgan fingerprint density at radius 1 is 1.12 bits per heavy atom. The molecule has 0 atom stereocenters. The molecule has 2 aromatic rings. The lowest BCUT2D eigenvalue weighted by atomic mass is 10.1. The lowest BCUT2D eigenvalue weighted by molar-refractivity contribution is 0.624. The predicted molar refractivity (Wildman–Crippen MR) is 71.7 cm³/mol. The van der Waals surface area contributed by atoms with E-state index in [9.17, 15) is 0 Å². The average Bonchev–Trinajstić information content (AvgIpc) is 2.58. The van der Waals surface area contributed by atoms with Crippen LogP contribution in [0.5, 0.6) is 0 Å². The van der Waals surface area contributed by atoms with Gasteiger partial charge < -0.3 is 5.32 Å². The number of nitrogens with one attached hydrogen (secondary N) is 1. The summed E-state index contributed by atoms with van der Waals surface area (Å²) in [5, 5.41) is 7.99. The Labute approximate surface area is 102 Å². The maximum absolute atomic E-state index is 4.52. The Morgan fingerprint density at radius 2 is 1.76 bits per heavy atom. The maximum Gasteiger partial charge on any atom is 0.130 e. The second-order valence-electron chi connectivity index (χ2n) is 5.29. The molecule has 0 radical (unpaired) electrons. The van der Waals surface area contributed by atoms with Crippen LogP contribution in [0.15, 0.2) is 36.4 Å². The molecule has 1 heterocycles. The van der Waals surface area contributed by atoms with E-state index in [0.717, 1.165) is 17.2 Å². The Morgan fingerprint density at radius 3 is 2.35 bits per heavy atom. The second-order valence-corrected chi connectivity index (χ2v) is 5.29. The molecule has 0 aliphatic rings. The molecule has 0 bridgehead atoms. The molecule has 17 heavy (non-hydrogen) atoms. The van der Waals surface area contributed by atoms with Gasteiger partial charge in [-0.3, -0.25) is 0 Å². The number of nitrogens with zero attached hydrogens (tertiary/aromatic N) is 2. The number of hydrogen-bond acceptors (Lipinski definition) is 2. The van der Waals surface area contributed by atoms with Gasteiger partial charge in [0, 0.05) is 11.6 Å². The molecule has 2 rings (SSSR count). The summed E-state index contributed by atoms with van der Waals surface area (Å²) >= 11 is 0. The minimum atomic E-state index is 0.0268. The van der Waals surface area contributed by atoms with Gasteiger partial charge in [0.15, 0.2) is 0 Å². The van der Waals surface area contributed by atoms with Crippen LogP contribution in [0.4, 0.5) is 5.82 Å². The van der Waals surface area contributed by atoms with Crippen molar-refractivity contribution in [2.75, 3.05) is 5.32 Å². The smallest absolute Gasteiger partial charge is 0.130 e. The van der Waals surface area contributed by atoms with Gasteiger partial charge >= 0.3 is 0 Å². The lowest BCUT2D eigenvalue weighted by Crippen LogP contribution is -2.27. The van der Waals surface area contributed by atoms with Crippen LogP contribution in [0.1, 0.15) is 26.5 Å². The molecule has 0 spiro atoms. The normalized spacial score (nSPS) is 11.5. The summed E-state index contributed by atoms with van der Waals surface area (Å²) in [6.45, 7) is 8.44. The van der Waals surface area contributed by atoms with E-state index in [0.29, 0.717) is 0 Å². The fourth-order valence-electron chi connectivity index (χ4n) is 1.74. The number of aromatic nitrogens is 2. The second kappa shape index (κ2) is 4.24. The van der Waals surface area contributed by atoms with Crippen molar-refractivity contribution >= 4 is 5.82 Å². The SMILES string of the molecule is Cc1cc(NC(C)(C)C)n(-c2ccccc2)n1. The number of para-hydroxylation sites is 1. The van der Waals surface area contributed by atoms with Crippen molar-refractivity contribution in [1.82, 2.24) is 9.78 Å². The monoisotopic (exact) mass is 229 g/mol. The largest absolute Gasteiger partial charge is 0.365 e. The molecule has 0 fully saturated rings. The van der Waals surface area contributed by atoms with Gasteiger partial charge in [-0.2, -0.15) is 5.10 Å². The molecular formula is C14H19N3. The van der Waals surface area contributed by atoms with Crippen LogP contribution >= 0.6 is 0 Å². The molecule has 3 heteroatoms. The first-order chi connectivity index (χ1) is 7.96. The molecular weight excluding hydrogens is 210 g/mol. The van der Waals surface area contributed by atoms with E-state index in [1.54, 1.807) is 0 Å². The van der Waals surface area contributed by atoms with Gasteiger partial charge in [-0.15, -0.1) is 0 Å². The Kier molecular flexibility index (Phi) is 2.92. The summed E-state index contributed by atoms with van der Waals surface area (Å²) < 4.78 is 1.95. The molecule has 90 valence electrons. The predicted octanol–water partition coefficient (Wildman–Crippen LogP) is 3.39. The molecule has 0 amide bonds. The first-order valence-electron chi connectivity index (χ1n) is 5.86. The molecule has 3 nitrogen and oxygen atoms in total. The Bertz CT molecular complexity index is 492. The highest BCUT2D eigenvalue weighted by atomic mass is 15.3. The summed E-state index contributed by atoms with van der Waals surface area (Å²) in [6.07, 6.45) is 0. The van der Waals surface area contributed by atoms with Crippen molar-refractivity contribution < 1.29 is 0 Å². The van der Waals surface area contributed by atoms with Crippen molar-refractivity contribution in [1.29, 1.82) is 0 Å². The highest BCUT2D eigenvalue weighted by Crippen LogP contribution is 2.20. The highest BCUT2D eigenvalue weighted by Gasteiger charge is 2.14. The summed E-state index contributed by atoms with van der Waals surface area (Å²) in [6, 6.07) is 12.2. The number of rotatable bonds is 2. The fourth-order valence-corrected chi connectivity index (χ4v) is 1.74. The van der Waals surface area contributed by atoms with Gasteiger partial charge in [-0.25, -0.2) is 4.68 Å². The third-order valence-electron chi connectivity index (χ3n) is 2.34. The number of anilines is 1. The van der Waals surface area contributed by atoms with E-state index in [4.69, 9.17) is 0 Å². The molecule has 0 saturated heterocycles. The summed E-state index contributed by atoms with van der Waals surface area (Å²) in [5.74, 6) is 1.03. The third-order valence-corrected chi connectivity index (χ3v) is 2.34. The minimum absolute atomic E-state index is 0.0268. The summed E-state index contributed by atoms with van der Waals surface area (Å²) in [4.78, 5) is 0. The third kappa shape index (κ3) is 2.87. The number of hydrogen-bond donors (Lipinski definition) is 1. The standard InChI is InChI=1S/C14H19N3/c1-11-10-13(15-14(2,3)4)17(16-11)12-8-6-5-7-9-12/h5-10,15H,1-4H3. The molecule has 1 aromatic carbocycles. The van der Waals surface area contributed by atoms with Crippen LogP contribution in [-0.4, -0.2) is 15.3 Å². The van der Waals surface area contributed by atoms with Crippen molar-refractivity contribution in [2.24, 2.45) is 0 Å². The first-order valence-corrected chi connectivity index (χ1v) is 5.86. The number of aryl methyl sites for hydroxylation is 1. The van der Waals surface area contributed by atoms with Gasteiger partial charge in [0.25, 0.3) is 0 Å². The van der Waals surface area contributed by atoms with E-state index in [1.165, 1.54) is 0 Å². The molecule has 1 N–H and O–H groups in total. The first kappa shape index (κ1) is 11.7. The van der Waals surface area contributed by atoms with Crippen LogP contribution < -0.4 is 5.32 Å². The van der Waals surface area contributed by atoms with E-state index in [-0.39, 0.29) is 5.54 Å². The fraction of sp³-hybridized carbons (Fsp3) is 0.357. The van der Waals surface area contributed by atoms with Crippen molar-refractivity contribution in [3.63, 3.8) is 0 Å². The van der Waals surface area contributed by atoms with E-state index in [2.05, 4.69) is 49.4 Å². The van der Waals surface area contributed by atoms with E-state index < -0.39 is 0 Å². The minimum Gasteiger partial charge on any atom is -0.365 e. The zero-order chi connectivity index (χ0) is 12.5. The molecule has 0 unspecified atom stereocenters. The Hall–Kier alpha value is -1.77. The quantitative estimate of drug-likeness (QED) is 0.855. The van der Waals surface area contributed by atoms with Crippen LogP contribution in [0.2, 0.25) is 0 Å². The highest BCUT2D eigenvalue weighted by molar-refractivity contribution is 5.47. The zero-order valence-corrected chi connectivity index (χ0v) is 10.9. The summed E-state index contributed by atoms with van der Waals surface area (Å²) in [5.41, 5.74) is 2.12. The topological polar surface area (TPSA) is 29.9 Å². The number of benzene rings is 1. The van der Waals surface area contributed by atoms with Crippen molar-refractivity contribution in [3.05, 3.63) is 42.1 Å². The van der Waals surface area contributed by atoms with Crippen LogP contribution in [0.25, 0.3) is 5.69 Å². The zero-order valence-electron chi connectivity index (χ0n) is 10.9. The van der Waals surface area contributed by atoms with Gasteiger partial charge in [-0.05, 0) is 39.8 Å². The van der Waals surface area contributed by atoms with Gasteiger partial charge in [0.05, 0.1) is 11.4 Å². The van der Waals surface area contributed by atoms with Crippen LogP contribution in [0.3, 0.4) is 0 Å². The van der Waals surface area contributed by atoms with Crippen molar-refractivity contribution in [3.8, 4) is 5.69 Å². The molecule has 1 aromatic heterocycles. The van der Waals surface area contributed by atoms with Gasteiger partial charge in [-0.1, -0.05) is 18.2 Å². The lowest BCUT2D eigenvalue weighted by Gasteiger charge is -2.22. The Balaban J connectivity index is 2.41. The van der Waals surface area contributed by atoms with Crippen LogP contribution in [0, 0.1) is 6.92 Å². The van der Waals surface area contributed by atoms with Gasteiger partial charge in [0.1, 0.15) is 5.82 Å². The van der Waals surface area contributed by atoms with Crippen LogP contribution in [-0.2, 0) is 0 Å².